The van der Waals surface area contributed by atoms with Crippen LogP contribution in [0, 0.1) is 25.7 Å². The molecule has 0 aliphatic carbocycles. The molecule has 2 fully saturated rings. The Morgan fingerprint density at radius 1 is 0.675 bits per heavy atom. The first-order valence-electron chi connectivity index (χ1n) is 23.4. The molecule has 2 aliphatic rings. The van der Waals surface area contributed by atoms with E-state index in [1.54, 1.807) is 12.1 Å². The molecule has 4 aromatic carbocycles. The molecule has 1 atom stereocenters. The molecule has 4 aromatic heterocycles. The quantitative estimate of drug-likeness (QED) is 0.0583. The number of carbonyl (C=O) groups excluding carboxylic acids is 5. The van der Waals surface area contributed by atoms with Crippen LogP contribution in [0.15, 0.2) is 94.4 Å². The van der Waals surface area contributed by atoms with Gasteiger partial charge in [0.1, 0.15) is 52.9 Å². The topological polar surface area (TPSA) is 306 Å². The van der Waals surface area contributed by atoms with E-state index in [0.717, 1.165) is 83.0 Å². The number of aromatic amines is 4. The summed E-state index contributed by atoms with van der Waals surface area (Å²) in [6.07, 6.45) is 6.75. The zero-order valence-electron chi connectivity index (χ0n) is 42.5. The van der Waals surface area contributed by atoms with E-state index < -0.39 is 23.6 Å². The third kappa shape index (κ3) is 15.5. The summed E-state index contributed by atoms with van der Waals surface area (Å²) in [5.74, 6) is -0.273. The van der Waals surface area contributed by atoms with E-state index in [4.69, 9.17) is 26.1 Å². The van der Waals surface area contributed by atoms with Gasteiger partial charge in [-0.05, 0) is 113 Å². The number of benzene rings is 4. The van der Waals surface area contributed by atoms with Gasteiger partial charge in [-0.2, -0.15) is 0 Å². The third-order valence-corrected chi connectivity index (χ3v) is 13.0. The van der Waals surface area contributed by atoms with Crippen LogP contribution in [0.4, 0.5) is 23.3 Å². The Morgan fingerprint density at radius 3 is 1.57 bits per heavy atom. The molecule has 77 heavy (non-hydrogen) atoms. The Kier molecular flexibility index (Phi) is 22.7. The first-order valence-corrected chi connectivity index (χ1v) is 25.0. The molecule has 1 unspecified atom stereocenters. The van der Waals surface area contributed by atoms with Crippen molar-refractivity contribution in [2.75, 3.05) is 54.5 Å². The summed E-state index contributed by atoms with van der Waals surface area (Å²) < 4.78 is 14.0. The van der Waals surface area contributed by atoms with Crippen LogP contribution in [-0.2, 0) is 4.79 Å². The molecule has 0 saturated carbocycles. The SMILES string of the molecule is C=O.Cc1ccc(Br)cc1NC(=O)c1nc[nH]c1C(=O)Nc1nc2c(OC3CCCNC3)cccc2[nH]1.Cc1ccc(Br)cc1NC(=O)c1nc[nH]c1C(=O)Nc1nc2c(OC3CCN(C)CC3)cccc2[nH]1.[B].[C-]#N.[Na+]. The number of fused-ring (bicyclic) bond motifs is 2. The zero-order valence-corrected chi connectivity index (χ0v) is 47.6. The number of hydrogen-bond donors (Lipinski definition) is 9. The first-order chi connectivity index (χ1) is 36.3. The van der Waals surface area contributed by atoms with E-state index in [0.29, 0.717) is 33.9 Å². The van der Waals surface area contributed by atoms with Gasteiger partial charge in [-0.25, -0.2) is 19.9 Å². The van der Waals surface area contributed by atoms with Crippen LogP contribution in [0.5, 0.6) is 11.5 Å². The van der Waals surface area contributed by atoms with Gasteiger partial charge >= 0.3 is 29.6 Å². The molecule has 3 radical (unpaired) electrons. The molecule has 6 heterocycles. The Bertz CT molecular complexity index is 3330. The van der Waals surface area contributed by atoms with Gasteiger partial charge in [0.25, 0.3) is 23.6 Å². The van der Waals surface area contributed by atoms with Crippen LogP contribution < -0.4 is 65.6 Å². The number of nitrogens with one attached hydrogen (secondary N) is 9. The molecule has 8 aromatic rings. The smallest absolute Gasteiger partial charge is 0.512 e. The average molecular weight is 1180 g/mol. The standard InChI is InChI=1S/C25H26BrN7O3.C24H24BrN7O3.CN.CH2O.B.Na/c1-14-6-7-15(26)12-18(14)29-23(34)21-22(28-13-27-21)24(35)32-25-30-17-4-3-5-19(20(17)31-25)36-16-8-10-33(2)11-9-16;1-13-7-8-14(25)10-17(13)29-22(33)20-21(28-12-27-20)23(34)32-24-30-16-5-2-6-18(19(16)31-24)35-15-4-3-9-26-11-15;2*1-2;;/h3-7,12-13,16H,8-11H2,1-2H3,(H,27,28)(H,29,34)(H2,30,31,32,35);2,5-8,10,12,15,26H,3-4,9,11H2,1H3,(H,27,28)(H,29,33)(H2,30,31,32,34);;1H2;;/q;;-1;;;+1. The molecular formula is C51H52BBr2N15NaO7. The molecule has 9 N–H and O–H groups in total. The molecule has 391 valence electrons. The minimum atomic E-state index is -0.545. The molecule has 22 nitrogen and oxygen atoms in total. The predicted octanol–water partition coefficient (Wildman–Crippen LogP) is 4.86. The number of likely N-dealkylation sites (tertiary alicyclic amines) is 1. The maximum atomic E-state index is 13.0. The largest absolute Gasteiger partial charge is 1.00 e. The second-order valence-corrected chi connectivity index (χ2v) is 19.0. The number of ether oxygens (including phenoxy) is 2. The summed E-state index contributed by atoms with van der Waals surface area (Å²) in [6, 6.07) is 22.3. The Labute approximate surface area is 483 Å². The Balaban J connectivity index is 0.000000261. The number of halogens is 2. The van der Waals surface area contributed by atoms with Crippen LogP contribution in [-0.4, -0.2) is 129 Å². The van der Waals surface area contributed by atoms with Crippen LogP contribution in [0.2, 0.25) is 0 Å². The van der Waals surface area contributed by atoms with Gasteiger partial charge in [0.05, 0.1) is 23.7 Å². The molecule has 0 bridgehead atoms. The van der Waals surface area contributed by atoms with Crippen molar-refractivity contribution in [3.63, 3.8) is 0 Å². The number of anilines is 4. The molecule has 2 saturated heterocycles. The molecule has 26 heteroatoms. The number of H-pyrrole nitrogens is 4. The fraction of sp³-hybridized carbons (Fsp3) is 0.255. The molecule has 4 amide bonds. The first kappa shape index (κ1) is 60.7. The number of aryl methyl sites for hydroxylation is 2. The predicted molar refractivity (Wildman–Crippen MR) is 294 cm³/mol. The van der Waals surface area contributed by atoms with E-state index in [-0.39, 0.29) is 84.9 Å². The summed E-state index contributed by atoms with van der Waals surface area (Å²) in [6.45, 7) is 14.3. The van der Waals surface area contributed by atoms with Crippen molar-refractivity contribution in [2.24, 2.45) is 0 Å². The molecule has 2 aliphatic heterocycles. The molecule has 0 spiro atoms. The maximum Gasteiger partial charge on any atom is 1.00 e. The number of aromatic nitrogens is 8. The second kappa shape index (κ2) is 28.8. The monoisotopic (exact) mass is 1180 g/mol. The Hall–Kier alpha value is -7.18. The Morgan fingerprint density at radius 2 is 1.13 bits per heavy atom. The van der Waals surface area contributed by atoms with Crippen LogP contribution in [0.25, 0.3) is 22.1 Å². The number of piperidine rings is 2. The van der Waals surface area contributed by atoms with E-state index in [9.17, 15) is 19.2 Å². The van der Waals surface area contributed by atoms with Gasteiger partial charge < -0.3 is 66.9 Å². The summed E-state index contributed by atoms with van der Waals surface area (Å²) in [7, 11) is 2.11. The van der Waals surface area contributed by atoms with Crippen molar-refractivity contribution >= 4 is 116 Å². The van der Waals surface area contributed by atoms with Crippen molar-refractivity contribution in [1.29, 1.82) is 5.26 Å². The van der Waals surface area contributed by atoms with Gasteiger partial charge in [0.2, 0.25) is 11.9 Å². The summed E-state index contributed by atoms with van der Waals surface area (Å²) >= 11 is 6.80. The van der Waals surface area contributed by atoms with Crippen LogP contribution >= 0.6 is 31.9 Å². The fourth-order valence-electron chi connectivity index (χ4n) is 8.14. The molecule has 10 rings (SSSR count). The minimum absolute atomic E-state index is 0. The van der Waals surface area contributed by atoms with Gasteiger partial charge in [-0.15, -0.1) is 0 Å². The second-order valence-electron chi connectivity index (χ2n) is 17.2. The number of amides is 4. The number of para-hydroxylation sites is 2. The van der Waals surface area contributed by atoms with Gasteiger partial charge in [0.15, 0.2) is 11.4 Å². The van der Waals surface area contributed by atoms with Gasteiger partial charge in [-0.1, -0.05) is 56.1 Å². The fourth-order valence-corrected chi connectivity index (χ4v) is 8.86. The minimum Gasteiger partial charge on any atom is -0.512 e. The van der Waals surface area contributed by atoms with Crippen molar-refractivity contribution in [2.45, 2.75) is 51.7 Å². The third-order valence-electron chi connectivity index (χ3n) is 12.0. The number of hydrogen-bond acceptors (Lipinski definition) is 14. The van der Waals surface area contributed by atoms with Gasteiger partial charge in [0, 0.05) is 48.4 Å². The van der Waals surface area contributed by atoms with Crippen LogP contribution in [0.1, 0.15) is 78.8 Å². The summed E-state index contributed by atoms with van der Waals surface area (Å²) in [4.78, 5) is 90.9. The number of rotatable bonds is 12. The van der Waals surface area contributed by atoms with Crippen molar-refractivity contribution < 1.29 is 63.0 Å². The zero-order chi connectivity index (χ0) is 53.6. The van der Waals surface area contributed by atoms with E-state index in [1.807, 2.05) is 81.3 Å². The normalized spacial score (nSPS) is 14.0. The number of carbonyl (C=O) groups is 5. The van der Waals surface area contributed by atoms with E-state index in [2.05, 4.69) is 110 Å². The summed E-state index contributed by atoms with van der Waals surface area (Å²) in [5.41, 5.74) is 5.76. The van der Waals surface area contributed by atoms with Gasteiger partial charge in [-0.3, -0.25) is 29.8 Å². The van der Waals surface area contributed by atoms with Crippen molar-refractivity contribution in [3.05, 3.63) is 135 Å². The summed E-state index contributed by atoms with van der Waals surface area (Å²) in [5, 5.41) is 20.6. The number of imidazole rings is 4. The molecular weight excluding hydrogens is 1130 g/mol. The average Bonchev–Trinajstić information content (AvgIpc) is 4.27. The number of nitrogens with zero attached hydrogens (tertiary/aromatic N) is 6. The van der Waals surface area contributed by atoms with Crippen molar-refractivity contribution in [1.82, 2.24) is 50.1 Å². The van der Waals surface area contributed by atoms with Crippen molar-refractivity contribution in [3.8, 4) is 11.5 Å². The maximum absolute atomic E-state index is 13.0. The van der Waals surface area contributed by atoms with E-state index in [1.165, 1.54) is 12.7 Å². The van der Waals surface area contributed by atoms with Crippen LogP contribution in [0.3, 0.4) is 0 Å². The van der Waals surface area contributed by atoms with E-state index >= 15 is 0 Å².